The van der Waals surface area contributed by atoms with Gasteiger partial charge in [-0.2, -0.15) is 0 Å². The summed E-state index contributed by atoms with van der Waals surface area (Å²) in [4.78, 5) is 0. The van der Waals surface area contributed by atoms with Gasteiger partial charge in [0, 0.05) is 0 Å². The van der Waals surface area contributed by atoms with Gasteiger partial charge in [-0.3, -0.25) is 0 Å². The van der Waals surface area contributed by atoms with Gasteiger partial charge in [0.15, 0.2) is 18.9 Å². The Kier molecular flexibility index (Phi) is 9.54. The quantitative estimate of drug-likeness (QED) is 0.154. The molecule has 0 bridgehead atoms. The standard InChI is InChI=1S/C18H32O16/c19-1-4-7(21)10(24)13(27)18(32-4)34-15-5(2-20)33-17(14(28)11(15)25)30-3-6-8(22)9(23)12(26)16(29)31-6/h4-29H,1-3H2/t4-,5-,6-,7-,8-,9+,10+,11-,12-,13-,14-,15-,16?,17+,18-/m1/s1. The fourth-order valence-electron chi connectivity index (χ4n) is 3.95. The Labute approximate surface area is 192 Å². The van der Waals surface area contributed by atoms with Gasteiger partial charge in [0.1, 0.15) is 73.2 Å². The maximum atomic E-state index is 10.5. The number of aliphatic hydroxyl groups is 11. The Hall–Kier alpha value is -0.640. The fraction of sp³-hybridized carbons (Fsp3) is 1.00. The SMILES string of the molecule is OC[C@H]1O[C@H](O[C@H]2[C@H](O)[C@@H](O)[C@@H](OC[C@H]3OC(O)[C@H](O)[C@@H](O)[C@@H]3O)O[C@@H]2CO)[C@H](O)[C@@H](O)[C@@H]1O. The van der Waals surface area contributed by atoms with Crippen LogP contribution in [0.25, 0.3) is 0 Å². The van der Waals surface area contributed by atoms with E-state index in [-0.39, 0.29) is 0 Å². The molecule has 34 heavy (non-hydrogen) atoms. The molecule has 200 valence electrons. The zero-order valence-corrected chi connectivity index (χ0v) is 17.7. The van der Waals surface area contributed by atoms with Crippen LogP contribution in [0, 0.1) is 0 Å². The van der Waals surface area contributed by atoms with Gasteiger partial charge in [-0.15, -0.1) is 0 Å². The molecule has 0 saturated carbocycles. The smallest absolute Gasteiger partial charge is 0.187 e. The third-order valence-corrected chi connectivity index (χ3v) is 6.07. The molecule has 0 radical (unpaired) electrons. The van der Waals surface area contributed by atoms with E-state index >= 15 is 0 Å². The molecular weight excluding hydrogens is 472 g/mol. The van der Waals surface area contributed by atoms with E-state index in [1.165, 1.54) is 0 Å². The van der Waals surface area contributed by atoms with E-state index in [1.807, 2.05) is 0 Å². The van der Waals surface area contributed by atoms with E-state index in [1.54, 1.807) is 0 Å². The Morgan fingerprint density at radius 2 is 1.03 bits per heavy atom. The first-order valence-electron chi connectivity index (χ1n) is 10.6. The number of hydrogen-bond donors (Lipinski definition) is 11. The van der Waals surface area contributed by atoms with Crippen molar-refractivity contribution in [1.82, 2.24) is 0 Å². The second-order valence-electron chi connectivity index (χ2n) is 8.37. The highest BCUT2D eigenvalue weighted by Crippen LogP contribution is 2.30. The number of aliphatic hydroxyl groups excluding tert-OH is 11. The molecule has 3 heterocycles. The molecular formula is C18H32O16. The van der Waals surface area contributed by atoms with E-state index in [9.17, 15) is 56.2 Å². The number of rotatable bonds is 7. The highest BCUT2D eigenvalue weighted by molar-refractivity contribution is 4.94. The highest BCUT2D eigenvalue weighted by atomic mass is 16.7. The molecule has 3 aliphatic heterocycles. The molecule has 0 aromatic carbocycles. The summed E-state index contributed by atoms with van der Waals surface area (Å²) in [6.07, 6.45) is -24.7. The lowest BCUT2D eigenvalue weighted by molar-refractivity contribution is -0.363. The van der Waals surface area contributed by atoms with Crippen LogP contribution >= 0.6 is 0 Å². The molecule has 0 aromatic heterocycles. The minimum Gasteiger partial charge on any atom is -0.394 e. The topological polar surface area (TPSA) is 269 Å². The monoisotopic (exact) mass is 504 g/mol. The molecule has 3 fully saturated rings. The van der Waals surface area contributed by atoms with E-state index < -0.39 is 112 Å². The molecule has 3 rings (SSSR count). The minimum absolute atomic E-state index is 0.577. The zero-order valence-electron chi connectivity index (χ0n) is 17.7. The molecule has 0 spiro atoms. The molecule has 15 atom stereocenters. The number of hydrogen-bond acceptors (Lipinski definition) is 16. The summed E-state index contributed by atoms with van der Waals surface area (Å²) < 4.78 is 26.2. The van der Waals surface area contributed by atoms with Gasteiger partial charge in [-0.1, -0.05) is 0 Å². The molecule has 11 N–H and O–H groups in total. The molecule has 1 unspecified atom stereocenters. The largest absolute Gasteiger partial charge is 0.394 e. The van der Waals surface area contributed by atoms with Gasteiger partial charge in [-0.25, -0.2) is 0 Å². The molecule has 0 aliphatic carbocycles. The van der Waals surface area contributed by atoms with Gasteiger partial charge in [-0.05, 0) is 0 Å². The van der Waals surface area contributed by atoms with Crippen LogP contribution in [0.1, 0.15) is 0 Å². The Balaban J connectivity index is 1.63. The average molecular weight is 504 g/mol. The van der Waals surface area contributed by atoms with Crippen molar-refractivity contribution in [3.63, 3.8) is 0 Å². The van der Waals surface area contributed by atoms with Crippen LogP contribution in [0.2, 0.25) is 0 Å². The summed E-state index contributed by atoms with van der Waals surface area (Å²) >= 11 is 0. The summed E-state index contributed by atoms with van der Waals surface area (Å²) in [7, 11) is 0. The second kappa shape index (κ2) is 11.6. The first kappa shape index (κ1) is 27.9. The van der Waals surface area contributed by atoms with E-state index in [0.717, 1.165) is 0 Å². The van der Waals surface area contributed by atoms with Gasteiger partial charge < -0.3 is 79.9 Å². The van der Waals surface area contributed by atoms with E-state index in [4.69, 9.17) is 23.7 Å². The van der Waals surface area contributed by atoms with Crippen molar-refractivity contribution in [3.05, 3.63) is 0 Å². The minimum atomic E-state index is -1.82. The molecule has 0 aromatic rings. The first-order chi connectivity index (χ1) is 16.0. The predicted molar refractivity (Wildman–Crippen MR) is 101 cm³/mol. The maximum Gasteiger partial charge on any atom is 0.187 e. The van der Waals surface area contributed by atoms with Crippen LogP contribution in [0.4, 0.5) is 0 Å². The van der Waals surface area contributed by atoms with Gasteiger partial charge in [0.2, 0.25) is 0 Å². The van der Waals surface area contributed by atoms with Crippen molar-refractivity contribution in [2.75, 3.05) is 19.8 Å². The van der Waals surface area contributed by atoms with Gasteiger partial charge >= 0.3 is 0 Å². The third-order valence-electron chi connectivity index (χ3n) is 6.07. The summed E-state index contributed by atoms with van der Waals surface area (Å²) in [5.41, 5.74) is 0. The Morgan fingerprint density at radius 1 is 0.500 bits per heavy atom. The van der Waals surface area contributed by atoms with Crippen molar-refractivity contribution < 1.29 is 79.9 Å². The fourth-order valence-corrected chi connectivity index (χ4v) is 3.95. The molecule has 3 saturated heterocycles. The summed E-state index contributed by atoms with van der Waals surface area (Å²) in [5, 5.41) is 109. The van der Waals surface area contributed by atoms with Crippen LogP contribution in [0.15, 0.2) is 0 Å². The van der Waals surface area contributed by atoms with Crippen molar-refractivity contribution in [3.8, 4) is 0 Å². The lowest BCUT2D eigenvalue weighted by Gasteiger charge is -2.46. The molecule has 3 aliphatic rings. The van der Waals surface area contributed by atoms with Gasteiger partial charge in [0.05, 0.1) is 19.8 Å². The van der Waals surface area contributed by atoms with Crippen LogP contribution in [-0.2, 0) is 23.7 Å². The summed E-state index contributed by atoms with van der Waals surface area (Å²) in [5.74, 6) is 0. The van der Waals surface area contributed by atoms with Crippen LogP contribution in [0.5, 0.6) is 0 Å². The maximum absolute atomic E-state index is 10.5. The molecule has 16 nitrogen and oxygen atoms in total. The van der Waals surface area contributed by atoms with Crippen LogP contribution in [0.3, 0.4) is 0 Å². The Bertz CT molecular complexity index is 637. The van der Waals surface area contributed by atoms with Crippen LogP contribution in [-0.4, -0.2) is 168 Å². The van der Waals surface area contributed by atoms with Crippen LogP contribution < -0.4 is 0 Å². The third kappa shape index (κ3) is 5.52. The van der Waals surface area contributed by atoms with Crippen molar-refractivity contribution >= 4 is 0 Å². The molecule has 16 heteroatoms. The highest BCUT2D eigenvalue weighted by Gasteiger charge is 2.51. The molecule has 0 amide bonds. The zero-order chi connectivity index (χ0) is 25.3. The van der Waals surface area contributed by atoms with Gasteiger partial charge in [0.25, 0.3) is 0 Å². The van der Waals surface area contributed by atoms with Crippen molar-refractivity contribution in [2.24, 2.45) is 0 Å². The normalized spacial score (nSPS) is 52.5. The first-order valence-corrected chi connectivity index (χ1v) is 10.6. The summed E-state index contributed by atoms with van der Waals surface area (Å²) in [6.45, 7) is -2.09. The lowest BCUT2D eigenvalue weighted by atomic mass is 9.97. The second-order valence-corrected chi connectivity index (χ2v) is 8.37. The van der Waals surface area contributed by atoms with E-state index in [0.29, 0.717) is 0 Å². The van der Waals surface area contributed by atoms with E-state index in [2.05, 4.69) is 0 Å². The summed E-state index contributed by atoms with van der Waals surface area (Å²) in [6, 6.07) is 0. The van der Waals surface area contributed by atoms with Crippen molar-refractivity contribution in [1.29, 1.82) is 0 Å². The lowest BCUT2D eigenvalue weighted by Crippen LogP contribution is -2.65. The Morgan fingerprint density at radius 3 is 1.65 bits per heavy atom. The predicted octanol–water partition coefficient (Wildman–Crippen LogP) is -7.57. The van der Waals surface area contributed by atoms with Crippen molar-refractivity contribution in [2.45, 2.75) is 92.1 Å². The average Bonchev–Trinajstić information content (AvgIpc) is 2.83. The number of ether oxygens (including phenoxy) is 5.